The zero-order valence-electron chi connectivity index (χ0n) is 10.7. The maximum Gasteiger partial charge on any atom is 0.201 e. The molecule has 0 spiro atoms. The highest BCUT2D eigenvalue weighted by Crippen LogP contribution is 2.60. The monoisotopic (exact) mass is 303 g/mol. The first kappa shape index (κ1) is 14.5. The molecule has 0 N–H and O–H groups in total. The summed E-state index contributed by atoms with van der Waals surface area (Å²) in [4.78, 5) is 0. The molecule has 0 atom stereocenters. The van der Waals surface area contributed by atoms with Crippen molar-refractivity contribution in [1.29, 1.82) is 0 Å². The van der Waals surface area contributed by atoms with Crippen LogP contribution in [0.3, 0.4) is 0 Å². The molecule has 0 unspecified atom stereocenters. The van der Waals surface area contributed by atoms with Gasteiger partial charge in [0.05, 0.1) is 5.82 Å². The fraction of sp³-hybridized carbons (Fsp3) is 0.0625. The second-order valence-corrected chi connectivity index (χ2v) is 9.20. The van der Waals surface area contributed by atoms with Crippen LogP contribution >= 0.6 is 32.1 Å². The standard InChI is InChI=1S/C16H15PS2/c1-2-13-17(16(18)19,14-9-5-3-6-10-14)15-11-7-4-8-12-15/h2-13H,1H3/p+1/b13-2+. The molecule has 0 radical (unpaired) electrons. The average Bonchev–Trinajstić information content (AvgIpc) is 2.46. The van der Waals surface area contributed by atoms with E-state index in [0.29, 0.717) is 0 Å². The molecule has 0 amide bonds. The van der Waals surface area contributed by atoms with E-state index in [4.69, 9.17) is 12.2 Å². The van der Waals surface area contributed by atoms with Gasteiger partial charge in [0.2, 0.25) is 3.94 Å². The van der Waals surface area contributed by atoms with E-state index in [1.165, 1.54) is 10.6 Å². The van der Waals surface area contributed by atoms with Crippen LogP contribution in [0.4, 0.5) is 0 Å². The first-order valence-electron chi connectivity index (χ1n) is 6.09. The van der Waals surface area contributed by atoms with E-state index in [9.17, 15) is 0 Å². The zero-order valence-corrected chi connectivity index (χ0v) is 13.3. The van der Waals surface area contributed by atoms with E-state index >= 15 is 0 Å². The lowest BCUT2D eigenvalue weighted by molar-refractivity contribution is 1.74. The number of benzene rings is 2. The molecule has 0 aliphatic heterocycles. The molecular weight excluding hydrogens is 287 g/mol. The Kier molecular flexibility index (Phi) is 4.93. The van der Waals surface area contributed by atoms with Gasteiger partial charge in [0.15, 0.2) is 7.26 Å². The van der Waals surface area contributed by atoms with Gasteiger partial charge in [0, 0.05) is 0 Å². The summed E-state index contributed by atoms with van der Waals surface area (Å²) in [6, 6.07) is 20.9. The molecule has 0 fully saturated rings. The maximum atomic E-state index is 5.52. The number of hydrogen-bond donors (Lipinski definition) is 1. The number of thiocarbonyl (C=S) groups is 1. The Morgan fingerprint density at radius 2 is 1.37 bits per heavy atom. The fourth-order valence-electron chi connectivity index (χ4n) is 2.16. The number of hydrogen-bond acceptors (Lipinski definition) is 1. The van der Waals surface area contributed by atoms with Gasteiger partial charge in [-0.1, -0.05) is 55.1 Å². The van der Waals surface area contributed by atoms with Gasteiger partial charge in [0.25, 0.3) is 0 Å². The molecule has 0 bridgehead atoms. The van der Waals surface area contributed by atoms with Crippen molar-refractivity contribution in [1.82, 2.24) is 0 Å². The van der Waals surface area contributed by atoms with Gasteiger partial charge < -0.3 is 0 Å². The topological polar surface area (TPSA) is 0 Å². The minimum absolute atomic E-state index is 0.767. The van der Waals surface area contributed by atoms with Crippen LogP contribution in [0.15, 0.2) is 72.6 Å². The molecule has 0 saturated heterocycles. The number of allylic oxidation sites excluding steroid dienone is 1. The Morgan fingerprint density at radius 3 is 1.68 bits per heavy atom. The third-order valence-corrected chi connectivity index (χ3v) is 8.39. The molecule has 2 aromatic carbocycles. The molecule has 0 aliphatic carbocycles. The lowest BCUT2D eigenvalue weighted by Gasteiger charge is -2.21. The molecule has 0 heterocycles. The highest BCUT2D eigenvalue weighted by molar-refractivity contribution is 8.36. The minimum atomic E-state index is -1.86. The second-order valence-electron chi connectivity index (χ2n) is 4.16. The summed E-state index contributed by atoms with van der Waals surface area (Å²) in [6.45, 7) is 2.03. The van der Waals surface area contributed by atoms with Crippen LogP contribution in [0.25, 0.3) is 0 Å². The van der Waals surface area contributed by atoms with Crippen LogP contribution in [-0.2, 0) is 0 Å². The molecule has 0 aliphatic rings. The predicted molar refractivity (Wildman–Crippen MR) is 95.5 cm³/mol. The van der Waals surface area contributed by atoms with Crippen molar-refractivity contribution in [2.75, 3.05) is 0 Å². The van der Waals surface area contributed by atoms with Gasteiger partial charge in [-0.2, -0.15) is 0 Å². The Bertz CT molecular complexity index is 537. The van der Waals surface area contributed by atoms with Gasteiger partial charge in [-0.25, -0.2) is 0 Å². The van der Waals surface area contributed by atoms with Crippen molar-refractivity contribution < 1.29 is 0 Å². The molecule has 0 aromatic heterocycles. The zero-order chi connectivity index (χ0) is 13.7. The van der Waals surface area contributed by atoms with Gasteiger partial charge in [-0.15, -0.1) is 0 Å². The Morgan fingerprint density at radius 1 is 0.947 bits per heavy atom. The van der Waals surface area contributed by atoms with Crippen LogP contribution < -0.4 is 10.6 Å². The minimum Gasteiger partial charge on any atom is -0.0927 e. The predicted octanol–water partition coefficient (Wildman–Crippen LogP) is 4.40. The average molecular weight is 303 g/mol. The van der Waals surface area contributed by atoms with Crippen LogP contribution in [0.2, 0.25) is 0 Å². The Labute approximate surface area is 126 Å². The van der Waals surface area contributed by atoms with E-state index in [-0.39, 0.29) is 0 Å². The summed E-state index contributed by atoms with van der Waals surface area (Å²) in [7, 11) is -1.86. The van der Waals surface area contributed by atoms with Crippen molar-refractivity contribution in [2.24, 2.45) is 0 Å². The van der Waals surface area contributed by atoms with Crippen molar-refractivity contribution in [2.45, 2.75) is 6.92 Å². The molecule has 2 rings (SSSR count). The molecule has 3 heteroatoms. The van der Waals surface area contributed by atoms with Gasteiger partial charge in [0.1, 0.15) is 10.6 Å². The fourth-order valence-corrected chi connectivity index (χ4v) is 6.81. The summed E-state index contributed by atoms with van der Waals surface area (Å²) in [5.41, 5.74) is 0. The first-order valence-corrected chi connectivity index (χ1v) is 8.80. The molecule has 19 heavy (non-hydrogen) atoms. The summed E-state index contributed by atoms with van der Waals surface area (Å²) < 4.78 is 0.767. The SMILES string of the molecule is C/C=C/[P+](C(=S)S)(c1ccccc1)c1ccccc1. The van der Waals surface area contributed by atoms with Gasteiger partial charge in [-0.05, 0) is 43.4 Å². The van der Waals surface area contributed by atoms with Crippen molar-refractivity contribution in [3.05, 3.63) is 72.6 Å². The summed E-state index contributed by atoms with van der Waals surface area (Å²) in [5.74, 6) is 2.23. The molecule has 96 valence electrons. The largest absolute Gasteiger partial charge is 0.201 e. The summed E-state index contributed by atoms with van der Waals surface area (Å²) in [6.07, 6.45) is 2.08. The van der Waals surface area contributed by atoms with E-state index in [0.717, 1.165) is 3.94 Å². The highest BCUT2D eigenvalue weighted by atomic mass is 32.1. The van der Waals surface area contributed by atoms with E-state index in [1.54, 1.807) is 0 Å². The smallest absolute Gasteiger partial charge is 0.0927 e. The van der Waals surface area contributed by atoms with Crippen molar-refractivity contribution >= 4 is 46.7 Å². The highest BCUT2D eigenvalue weighted by Gasteiger charge is 2.44. The van der Waals surface area contributed by atoms with E-state index in [2.05, 4.69) is 73.1 Å². The van der Waals surface area contributed by atoms with E-state index < -0.39 is 7.26 Å². The van der Waals surface area contributed by atoms with Gasteiger partial charge in [-0.3, -0.25) is 0 Å². The first-order chi connectivity index (χ1) is 9.21. The lowest BCUT2D eigenvalue weighted by Crippen LogP contribution is -2.23. The van der Waals surface area contributed by atoms with Crippen molar-refractivity contribution in [3.8, 4) is 0 Å². The molecule has 0 nitrogen and oxygen atoms in total. The Hall–Kier alpha value is -0.950. The van der Waals surface area contributed by atoms with Gasteiger partial charge >= 0.3 is 0 Å². The summed E-state index contributed by atoms with van der Waals surface area (Å²) >= 11 is 10.1. The van der Waals surface area contributed by atoms with Crippen molar-refractivity contribution in [3.63, 3.8) is 0 Å². The van der Waals surface area contributed by atoms with Crippen LogP contribution in [0.5, 0.6) is 0 Å². The maximum absolute atomic E-state index is 5.52. The molecular formula is C16H16PS2+. The third-order valence-electron chi connectivity index (χ3n) is 3.00. The van der Waals surface area contributed by atoms with Crippen LogP contribution in [0, 0.1) is 0 Å². The lowest BCUT2D eigenvalue weighted by atomic mass is 10.4. The van der Waals surface area contributed by atoms with Crippen LogP contribution in [-0.4, -0.2) is 3.94 Å². The van der Waals surface area contributed by atoms with Crippen LogP contribution in [0.1, 0.15) is 6.92 Å². The van der Waals surface area contributed by atoms with E-state index in [1.807, 2.05) is 19.1 Å². The quantitative estimate of drug-likeness (QED) is 0.496. The number of thiol groups is 1. The number of rotatable bonds is 4. The second kappa shape index (κ2) is 6.47. The third kappa shape index (κ3) is 2.81. The molecule has 2 aromatic rings. The Balaban J connectivity index is 2.72. The normalized spacial score (nSPS) is 11.7. The molecule has 0 saturated carbocycles. The summed E-state index contributed by atoms with van der Waals surface area (Å²) in [5, 5.41) is 2.50.